The molecule has 0 saturated carbocycles. The summed E-state index contributed by atoms with van der Waals surface area (Å²) in [4.78, 5) is 9.16. The van der Waals surface area contributed by atoms with Crippen LogP contribution < -0.4 is 4.74 Å². The summed E-state index contributed by atoms with van der Waals surface area (Å²) in [6, 6.07) is 16.1. The van der Waals surface area contributed by atoms with Crippen LogP contribution in [0.2, 0.25) is 0 Å². The van der Waals surface area contributed by atoms with Crippen LogP contribution in [0.3, 0.4) is 0 Å². The van der Waals surface area contributed by atoms with E-state index in [1.165, 1.54) is 0 Å². The fourth-order valence-corrected chi connectivity index (χ4v) is 3.80. The number of hydrogen-bond donors (Lipinski definition) is 0. The molecule has 132 valence electrons. The molecular weight excluding hydrogens is 358 g/mol. The minimum Gasteiger partial charge on any atom is -0.487 e. The van der Waals surface area contributed by atoms with Crippen LogP contribution in [0.1, 0.15) is 5.56 Å². The first kappa shape index (κ1) is 15.9. The molecule has 0 aliphatic heterocycles. The Balaban J connectivity index is 1.53. The van der Waals surface area contributed by atoms with Gasteiger partial charge in [-0.1, -0.05) is 17.3 Å². The quantitative estimate of drug-likeness (QED) is 0.473. The van der Waals surface area contributed by atoms with E-state index in [9.17, 15) is 0 Å². The van der Waals surface area contributed by atoms with Gasteiger partial charge in [0.2, 0.25) is 0 Å². The number of rotatable bonds is 4. The maximum atomic E-state index is 5.28. The number of thiophene rings is 1. The van der Waals surface area contributed by atoms with Gasteiger partial charge in [0.15, 0.2) is 10.7 Å². The van der Waals surface area contributed by atoms with Gasteiger partial charge in [-0.25, -0.2) is 9.67 Å². The SMILES string of the molecule is COc1cc(-c2ccc3nnn(Cc4ccc5ncccc5c4)c3n2)cs1. The van der Waals surface area contributed by atoms with E-state index in [2.05, 4.69) is 33.5 Å². The average Bonchev–Trinajstić information content (AvgIpc) is 3.35. The molecule has 0 atom stereocenters. The normalized spacial score (nSPS) is 11.3. The molecule has 7 heteroatoms. The predicted octanol–water partition coefficient (Wildman–Crippen LogP) is 4.16. The van der Waals surface area contributed by atoms with E-state index in [1.807, 2.05) is 40.4 Å². The number of aromatic nitrogens is 5. The Hall–Kier alpha value is -3.32. The first-order chi connectivity index (χ1) is 13.3. The largest absolute Gasteiger partial charge is 0.487 e. The number of benzene rings is 1. The first-order valence-corrected chi connectivity index (χ1v) is 9.35. The van der Waals surface area contributed by atoms with Gasteiger partial charge in [0.25, 0.3) is 0 Å². The van der Waals surface area contributed by atoms with Crippen LogP contribution in [0.25, 0.3) is 33.3 Å². The van der Waals surface area contributed by atoms with E-state index < -0.39 is 0 Å². The number of methoxy groups -OCH3 is 1. The predicted molar refractivity (Wildman–Crippen MR) is 106 cm³/mol. The van der Waals surface area contributed by atoms with E-state index in [4.69, 9.17) is 9.72 Å². The first-order valence-electron chi connectivity index (χ1n) is 8.47. The summed E-state index contributed by atoms with van der Waals surface area (Å²) in [5, 5.41) is 12.6. The van der Waals surface area contributed by atoms with Crippen molar-refractivity contribution >= 4 is 33.4 Å². The lowest BCUT2D eigenvalue weighted by atomic mass is 10.1. The third-order valence-electron chi connectivity index (χ3n) is 4.43. The van der Waals surface area contributed by atoms with E-state index >= 15 is 0 Å². The van der Waals surface area contributed by atoms with Crippen LogP contribution in [0.4, 0.5) is 0 Å². The topological polar surface area (TPSA) is 65.7 Å². The van der Waals surface area contributed by atoms with E-state index in [0.29, 0.717) is 6.54 Å². The summed E-state index contributed by atoms with van der Waals surface area (Å²) in [6.45, 7) is 0.602. The number of fused-ring (bicyclic) bond motifs is 2. The molecule has 1 aromatic carbocycles. The Morgan fingerprint density at radius 1 is 1.07 bits per heavy atom. The minimum absolute atomic E-state index is 0.602. The summed E-state index contributed by atoms with van der Waals surface area (Å²) >= 11 is 1.55. The fraction of sp³-hybridized carbons (Fsp3) is 0.100. The van der Waals surface area contributed by atoms with Crippen molar-refractivity contribution in [3.63, 3.8) is 0 Å². The van der Waals surface area contributed by atoms with Gasteiger partial charge in [-0.05, 0) is 35.9 Å². The van der Waals surface area contributed by atoms with Crippen molar-refractivity contribution in [2.45, 2.75) is 6.54 Å². The minimum atomic E-state index is 0.602. The summed E-state index contributed by atoms with van der Waals surface area (Å²) in [5.41, 5.74) is 5.58. The van der Waals surface area contributed by atoms with Crippen molar-refractivity contribution in [2.24, 2.45) is 0 Å². The second-order valence-electron chi connectivity index (χ2n) is 6.18. The molecule has 4 heterocycles. The Labute approximate surface area is 159 Å². The molecule has 0 aliphatic carbocycles. The number of ether oxygens (including phenoxy) is 1. The Kier molecular flexibility index (Phi) is 3.79. The van der Waals surface area contributed by atoms with E-state index in [0.717, 1.165) is 44.0 Å². The smallest absolute Gasteiger partial charge is 0.179 e. The Morgan fingerprint density at radius 2 is 2.00 bits per heavy atom. The lowest BCUT2D eigenvalue weighted by Crippen LogP contribution is -2.03. The molecule has 0 amide bonds. The second-order valence-corrected chi connectivity index (χ2v) is 7.05. The zero-order valence-electron chi connectivity index (χ0n) is 14.5. The van der Waals surface area contributed by atoms with Gasteiger partial charge in [-0.15, -0.1) is 16.4 Å². The van der Waals surface area contributed by atoms with Gasteiger partial charge >= 0.3 is 0 Å². The summed E-state index contributed by atoms with van der Waals surface area (Å²) < 4.78 is 7.12. The van der Waals surface area contributed by atoms with Crippen molar-refractivity contribution < 1.29 is 4.74 Å². The van der Waals surface area contributed by atoms with Crippen LogP contribution in [-0.4, -0.2) is 32.1 Å². The maximum absolute atomic E-state index is 5.28. The highest BCUT2D eigenvalue weighted by atomic mass is 32.1. The van der Waals surface area contributed by atoms with Crippen molar-refractivity contribution in [2.75, 3.05) is 7.11 Å². The molecule has 0 spiro atoms. The molecule has 0 radical (unpaired) electrons. The van der Waals surface area contributed by atoms with Crippen molar-refractivity contribution in [3.8, 4) is 16.3 Å². The van der Waals surface area contributed by atoms with Crippen LogP contribution >= 0.6 is 11.3 Å². The molecule has 0 fully saturated rings. The highest BCUT2D eigenvalue weighted by Gasteiger charge is 2.11. The van der Waals surface area contributed by atoms with E-state index in [-0.39, 0.29) is 0 Å². The Morgan fingerprint density at radius 3 is 2.89 bits per heavy atom. The van der Waals surface area contributed by atoms with Gasteiger partial charge in [-0.3, -0.25) is 4.98 Å². The molecule has 0 saturated heterocycles. The molecule has 27 heavy (non-hydrogen) atoms. The molecule has 5 rings (SSSR count). The Bertz CT molecular complexity index is 1260. The third-order valence-corrected chi connectivity index (χ3v) is 5.32. The van der Waals surface area contributed by atoms with Crippen molar-refractivity contribution in [1.82, 2.24) is 25.0 Å². The van der Waals surface area contributed by atoms with Gasteiger partial charge in [0, 0.05) is 28.6 Å². The third kappa shape index (κ3) is 2.92. The summed E-state index contributed by atoms with van der Waals surface area (Å²) in [6.07, 6.45) is 1.80. The van der Waals surface area contributed by atoms with Crippen LogP contribution in [-0.2, 0) is 6.54 Å². The van der Waals surface area contributed by atoms with Gasteiger partial charge in [0.1, 0.15) is 5.52 Å². The molecule has 5 aromatic rings. The zero-order valence-corrected chi connectivity index (χ0v) is 15.3. The molecular formula is C20H15N5OS. The second kappa shape index (κ2) is 6.44. The monoisotopic (exact) mass is 373 g/mol. The number of hydrogen-bond acceptors (Lipinski definition) is 6. The molecule has 0 bridgehead atoms. The fourth-order valence-electron chi connectivity index (χ4n) is 3.08. The summed E-state index contributed by atoms with van der Waals surface area (Å²) in [7, 11) is 1.67. The van der Waals surface area contributed by atoms with Crippen LogP contribution in [0, 0.1) is 0 Å². The molecule has 4 aromatic heterocycles. The molecule has 0 unspecified atom stereocenters. The van der Waals surface area contributed by atoms with Crippen LogP contribution in [0.5, 0.6) is 5.06 Å². The summed E-state index contributed by atoms with van der Waals surface area (Å²) in [5.74, 6) is 0. The number of nitrogens with zero attached hydrogens (tertiary/aromatic N) is 5. The highest BCUT2D eigenvalue weighted by molar-refractivity contribution is 7.12. The van der Waals surface area contributed by atoms with Crippen molar-refractivity contribution in [1.29, 1.82) is 0 Å². The highest BCUT2D eigenvalue weighted by Crippen LogP contribution is 2.30. The van der Waals surface area contributed by atoms with Crippen molar-refractivity contribution in [3.05, 3.63) is 65.7 Å². The standard InChI is InChI=1S/C20H15N5OS/c1-26-19-10-15(12-27-19)17-6-7-18-20(22-17)25(24-23-18)11-13-4-5-16-14(9-13)3-2-8-21-16/h2-10,12H,11H2,1H3. The van der Waals surface area contributed by atoms with Gasteiger partial charge in [-0.2, -0.15) is 0 Å². The molecule has 0 N–H and O–H groups in total. The zero-order chi connectivity index (χ0) is 18.2. The van der Waals surface area contributed by atoms with E-state index in [1.54, 1.807) is 24.6 Å². The average molecular weight is 373 g/mol. The maximum Gasteiger partial charge on any atom is 0.179 e. The molecule has 0 aliphatic rings. The lowest BCUT2D eigenvalue weighted by Gasteiger charge is -2.05. The van der Waals surface area contributed by atoms with Gasteiger partial charge < -0.3 is 4.74 Å². The number of pyridine rings is 2. The molecule has 6 nitrogen and oxygen atoms in total. The van der Waals surface area contributed by atoms with Crippen LogP contribution in [0.15, 0.2) is 60.1 Å². The lowest BCUT2D eigenvalue weighted by molar-refractivity contribution is 0.427. The van der Waals surface area contributed by atoms with Gasteiger partial charge in [0.05, 0.1) is 24.9 Å².